The van der Waals surface area contributed by atoms with Crippen molar-refractivity contribution in [2.24, 2.45) is 7.05 Å². The van der Waals surface area contributed by atoms with E-state index in [-0.39, 0.29) is 12.0 Å². The van der Waals surface area contributed by atoms with Crippen molar-refractivity contribution in [3.05, 3.63) is 18.0 Å². The standard InChI is InChI=1S/C10H15N3O2/c1-13-7-8(6-12-13)5-11-10(14)9-3-2-4-15-9/h6-7,9H,2-5H2,1H3,(H,11,14). The van der Waals surface area contributed by atoms with Crippen molar-refractivity contribution in [2.45, 2.75) is 25.5 Å². The molecule has 1 amide bonds. The van der Waals surface area contributed by atoms with Crippen LogP contribution in [-0.4, -0.2) is 28.4 Å². The van der Waals surface area contributed by atoms with E-state index in [2.05, 4.69) is 10.4 Å². The van der Waals surface area contributed by atoms with Gasteiger partial charge in [0.15, 0.2) is 0 Å². The number of aryl methyl sites for hydroxylation is 1. The molecular formula is C10H15N3O2. The Labute approximate surface area is 88.4 Å². The number of rotatable bonds is 3. The van der Waals surface area contributed by atoms with E-state index < -0.39 is 0 Å². The van der Waals surface area contributed by atoms with Gasteiger partial charge in [-0.1, -0.05) is 0 Å². The number of nitrogens with one attached hydrogen (secondary N) is 1. The van der Waals surface area contributed by atoms with E-state index >= 15 is 0 Å². The van der Waals surface area contributed by atoms with Crippen LogP contribution in [0.1, 0.15) is 18.4 Å². The van der Waals surface area contributed by atoms with Crippen LogP contribution < -0.4 is 5.32 Å². The van der Waals surface area contributed by atoms with Crippen molar-refractivity contribution < 1.29 is 9.53 Å². The van der Waals surface area contributed by atoms with Crippen LogP contribution in [0.3, 0.4) is 0 Å². The number of ether oxygens (including phenoxy) is 1. The summed E-state index contributed by atoms with van der Waals surface area (Å²) in [5.74, 6) is -0.0173. The lowest BCUT2D eigenvalue weighted by atomic mass is 10.2. The number of aromatic nitrogens is 2. The zero-order valence-corrected chi connectivity index (χ0v) is 8.77. The van der Waals surface area contributed by atoms with Gasteiger partial charge in [-0.15, -0.1) is 0 Å². The highest BCUT2D eigenvalue weighted by Gasteiger charge is 2.22. The summed E-state index contributed by atoms with van der Waals surface area (Å²) in [7, 11) is 1.85. The number of carbonyl (C=O) groups excluding carboxylic acids is 1. The number of amides is 1. The van der Waals surface area contributed by atoms with Crippen LogP contribution in [0.4, 0.5) is 0 Å². The largest absolute Gasteiger partial charge is 0.368 e. The summed E-state index contributed by atoms with van der Waals surface area (Å²) in [6.07, 6.45) is 5.19. The second kappa shape index (κ2) is 4.44. The van der Waals surface area contributed by atoms with Gasteiger partial charge in [0.1, 0.15) is 6.10 Å². The van der Waals surface area contributed by atoms with Crippen LogP contribution in [0.2, 0.25) is 0 Å². The normalized spacial score (nSPS) is 20.5. The zero-order valence-electron chi connectivity index (χ0n) is 8.77. The highest BCUT2D eigenvalue weighted by atomic mass is 16.5. The lowest BCUT2D eigenvalue weighted by molar-refractivity contribution is -0.130. The molecule has 0 aromatic carbocycles. The van der Waals surface area contributed by atoms with Crippen molar-refractivity contribution in [2.75, 3.05) is 6.61 Å². The van der Waals surface area contributed by atoms with Crippen LogP contribution in [0.15, 0.2) is 12.4 Å². The Balaban J connectivity index is 1.80. The van der Waals surface area contributed by atoms with Gasteiger partial charge in [0.05, 0.1) is 6.20 Å². The highest BCUT2D eigenvalue weighted by Crippen LogP contribution is 2.11. The molecule has 82 valence electrons. The lowest BCUT2D eigenvalue weighted by Crippen LogP contribution is -2.33. The molecule has 5 nitrogen and oxygen atoms in total. The van der Waals surface area contributed by atoms with E-state index in [4.69, 9.17) is 4.74 Å². The predicted octanol–water partition coefficient (Wildman–Crippen LogP) is 0.215. The van der Waals surface area contributed by atoms with Crippen LogP contribution >= 0.6 is 0 Å². The highest BCUT2D eigenvalue weighted by molar-refractivity contribution is 5.80. The number of hydrogen-bond donors (Lipinski definition) is 1. The first-order valence-electron chi connectivity index (χ1n) is 5.12. The Morgan fingerprint density at radius 2 is 2.67 bits per heavy atom. The van der Waals surface area contributed by atoms with Crippen molar-refractivity contribution >= 4 is 5.91 Å². The van der Waals surface area contributed by atoms with Crippen molar-refractivity contribution in [1.82, 2.24) is 15.1 Å². The third-order valence-electron chi connectivity index (χ3n) is 2.45. The summed E-state index contributed by atoms with van der Waals surface area (Å²) in [5.41, 5.74) is 1.00. The second-order valence-corrected chi connectivity index (χ2v) is 3.74. The number of nitrogens with zero attached hydrogens (tertiary/aromatic N) is 2. The molecule has 1 fully saturated rings. The third-order valence-corrected chi connectivity index (χ3v) is 2.45. The smallest absolute Gasteiger partial charge is 0.249 e. The quantitative estimate of drug-likeness (QED) is 0.774. The van der Waals surface area contributed by atoms with Crippen molar-refractivity contribution in [1.29, 1.82) is 0 Å². The van der Waals surface area contributed by atoms with E-state index in [1.54, 1.807) is 10.9 Å². The van der Waals surface area contributed by atoms with Crippen LogP contribution in [0.25, 0.3) is 0 Å². The van der Waals surface area contributed by atoms with Gasteiger partial charge in [-0.3, -0.25) is 9.48 Å². The summed E-state index contributed by atoms with van der Waals surface area (Å²) in [4.78, 5) is 11.6. The molecule has 1 aliphatic rings. The molecule has 15 heavy (non-hydrogen) atoms. The van der Waals surface area contributed by atoms with Gasteiger partial charge in [0, 0.05) is 32.0 Å². The van der Waals surface area contributed by atoms with Crippen molar-refractivity contribution in [3.63, 3.8) is 0 Å². The van der Waals surface area contributed by atoms with Gasteiger partial charge in [-0.25, -0.2) is 0 Å². The van der Waals surface area contributed by atoms with E-state index in [0.717, 1.165) is 18.4 Å². The van der Waals surface area contributed by atoms with Gasteiger partial charge in [0.2, 0.25) is 5.91 Å². The third kappa shape index (κ3) is 2.56. The molecule has 0 bridgehead atoms. The lowest BCUT2D eigenvalue weighted by Gasteiger charge is -2.08. The average Bonchev–Trinajstić information content (AvgIpc) is 2.84. The van der Waals surface area contributed by atoms with Crippen LogP contribution in [-0.2, 0) is 23.1 Å². The maximum Gasteiger partial charge on any atom is 0.249 e. The fourth-order valence-corrected chi connectivity index (χ4v) is 1.65. The first kappa shape index (κ1) is 10.2. The van der Waals surface area contributed by atoms with Crippen LogP contribution in [0.5, 0.6) is 0 Å². The Morgan fingerprint density at radius 1 is 1.80 bits per heavy atom. The maximum atomic E-state index is 11.6. The average molecular weight is 209 g/mol. The summed E-state index contributed by atoms with van der Waals surface area (Å²) in [5, 5.41) is 6.86. The summed E-state index contributed by atoms with van der Waals surface area (Å²) < 4.78 is 6.99. The molecule has 2 rings (SSSR count). The molecule has 0 saturated carbocycles. The Kier molecular flexibility index (Phi) is 3.01. The van der Waals surface area contributed by atoms with Gasteiger partial charge in [0.25, 0.3) is 0 Å². The van der Waals surface area contributed by atoms with E-state index in [9.17, 15) is 4.79 Å². The fraction of sp³-hybridized carbons (Fsp3) is 0.600. The van der Waals surface area contributed by atoms with E-state index in [1.165, 1.54) is 0 Å². The minimum absolute atomic E-state index is 0.0173. The molecule has 1 aromatic heterocycles. The molecule has 1 aromatic rings. The molecule has 2 heterocycles. The first-order chi connectivity index (χ1) is 7.25. The van der Waals surface area contributed by atoms with Crippen LogP contribution in [0, 0.1) is 0 Å². The molecule has 1 saturated heterocycles. The monoisotopic (exact) mass is 209 g/mol. The summed E-state index contributed by atoms with van der Waals surface area (Å²) in [6.45, 7) is 1.22. The maximum absolute atomic E-state index is 11.6. The Hall–Kier alpha value is -1.36. The van der Waals surface area contributed by atoms with Gasteiger partial charge in [-0.05, 0) is 12.8 Å². The first-order valence-corrected chi connectivity index (χ1v) is 5.12. The van der Waals surface area contributed by atoms with E-state index in [1.807, 2.05) is 13.2 Å². The van der Waals surface area contributed by atoms with E-state index in [0.29, 0.717) is 13.2 Å². The SMILES string of the molecule is Cn1cc(CNC(=O)C2CCCO2)cn1. The summed E-state index contributed by atoms with van der Waals surface area (Å²) in [6, 6.07) is 0. The molecule has 1 N–H and O–H groups in total. The molecule has 0 radical (unpaired) electrons. The molecule has 0 spiro atoms. The molecule has 1 aliphatic heterocycles. The van der Waals surface area contributed by atoms with Gasteiger partial charge >= 0.3 is 0 Å². The Bertz CT molecular complexity index is 342. The zero-order chi connectivity index (χ0) is 10.7. The second-order valence-electron chi connectivity index (χ2n) is 3.74. The molecular weight excluding hydrogens is 194 g/mol. The predicted molar refractivity (Wildman–Crippen MR) is 54.0 cm³/mol. The summed E-state index contributed by atoms with van der Waals surface area (Å²) >= 11 is 0. The fourth-order valence-electron chi connectivity index (χ4n) is 1.65. The van der Waals surface area contributed by atoms with Gasteiger partial charge < -0.3 is 10.1 Å². The van der Waals surface area contributed by atoms with Crippen molar-refractivity contribution in [3.8, 4) is 0 Å². The number of hydrogen-bond acceptors (Lipinski definition) is 3. The topological polar surface area (TPSA) is 56.2 Å². The minimum atomic E-state index is -0.248. The molecule has 5 heteroatoms. The Morgan fingerprint density at radius 3 is 3.27 bits per heavy atom. The molecule has 1 unspecified atom stereocenters. The van der Waals surface area contributed by atoms with Gasteiger partial charge in [-0.2, -0.15) is 5.10 Å². The molecule has 1 atom stereocenters. The minimum Gasteiger partial charge on any atom is -0.368 e. The number of carbonyl (C=O) groups is 1. The molecule has 0 aliphatic carbocycles.